The summed E-state index contributed by atoms with van der Waals surface area (Å²) in [6, 6.07) is 7.07. The first-order valence-corrected chi connectivity index (χ1v) is 6.16. The Morgan fingerprint density at radius 2 is 2.05 bits per heavy atom. The van der Waals surface area contributed by atoms with Crippen molar-refractivity contribution in [2.45, 2.75) is 0 Å². The second-order valence-electron chi connectivity index (χ2n) is 3.35. The summed E-state index contributed by atoms with van der Waals surface area (Å²) in [5.41, 5.74) is -0.399. The highest BCUT2D eigenvalue weighted by molar-refractivity contribution is 14.1. The van der Waals surface area contributed by atoms with Gasteiger partial charge in [-0.2, -0.15) is 9.97 Å². The number of ether oxygens (including phenoxy) is 2. The maximum Gasteiger partial charge on any atom is 0.392 e. The number of hydrogen-bond acceptors (Lipinski definition) is 6. The van der Waals surface area contributed by atoms with Gasteiger partial charge in [0, 0.05) is 3.57 Å². The molecule has 0 spiro atoms. The van der Waals surface area contributed by atoms with Crippen molar-refractivity contribution in [3.8, 4) is 17.5 Å². The Morgan fingerprint density at radius 3 is 2.68 bits per heavy atom. The van der Waals surface area contributed by atoms with Gasteiger partial charge in [-0.1, -0.05) is 6.07 Å². The van der Waals surface area contributed by atoms with Crippen molar-refractivity contribution in [2.24, 2.45) is 0 Å². The maximum atomic E-state index is 11.0. The predicted molar refractivity (Wildman–Crippen MR) is 74.5 cm³/mol. The van der Waals surface area contributed by atoms with Crippen LogP contribution in [0.25, 0.3) is 0 Å². The van der Waals surface area contributed by atoms with E-state index in [0.29, 0.717) is 5.75 Å². The third-order valence-electron chi connectivity index (χ3n) is 2.14. The Morgan fingerprint density at radius 1 is 1.32 bits per heavy atom. The molecule has 0 saturated carbocycles. The molecule has 2 aromatic rings. The highest BCUT2D eigenvalue weighted by Gasteiger charge is 2.25. The van der Waals surface area contributed by atoms with E-state index >= 15 is 0 Å². The number of hydrogen-bond donors (Lipinski definition) is 0. The zero-order valence-electron chi connectivity index (χ0n) is 9.74. The first kappa shape index (κ1) is 13.5. The topological polar surface area (TPSA) is 87.4 Å². The fourth-order valence-corrected chi connectivity index (χ4v) is 1.88. The van der Waals surface area contributed by atoms with E-state index in [9.17, 15) is 10.1 Å². The van der Waals surface area contributed by atoms with Gasteiger partial charge in [0.15, 0.2) is 0 Å². The molecule has 1 aromatic heterocycles. The lowest BCUT2D eigenvalue weighted by Crippen LogP contribution is -2.01. The van der Waals surface area contributed by atoms with Crippen LogP contribution in [0.1, 0.15) is 0 Å². The van der Waals surface area contributed by atoms with E-state index in [1.54, 1.807) is 18.2 Å². The first-order chi connectivity index (χ1) is 9.11. The summed E-state index contributed by atoms with van der Waals surface area (Å²) in [4.78, 5) is 17.8. The van der Waals surface area contributed by atoms with Gasteiger partial charge in [-0.3, -0.25) is 10.1 Å². The molecule has 0 aliphatic carbocycles. The fourth-order valence-electron chi connectivity index (χ4n) is 1.37. The van der Waals surface area contributed by atoms with E-state index in [-0.39, 0.29) is 11.8 Å². The molecule has 0 atom stereocenters. The molecule has 2 rings (SSSR count). The molecule has 98 valence electrons. The minimum absolute atomic E-state index is 0.138. The van der Waals surface area contributed by atoms with Crippen molar-refractivity contribution >= 4 is 28.3 Å². The van der Waals surface area contributed by atoms with Crippen molar-refractivity contribution in [3.05, 3.63) is 44.3 Å². The summed E-state index contributed by atoms with van der Waals surface area (Å²) in [6.45, 7) is 0. The molecule has 0 bridgehead atoms. The number of halogens is 1. The monoisotopic (exact) mass is 373 g/mol. The first-order valence-electron chi connectivity index (χ1n) is 5.08. The van der Waals surface area contributed by atoms with Gasteiger partial charge < -0.3 is 9.47 Å². The summed E-state index contributed by atoms with van der Waals surface area (Å²) in [6.07, 6.45) is 1.15. The average Bonchev–Trinajstić information content (AvgIpc) is 2.38. The van der Waals surface area contributed by atoms with Crippen LogP contribution in [0.2, 0.25) is 0 Å². The molecule has 0 amide bonds. The van der Waals surface area contributed by atoms with Crippen molar-refractivity contribution in [1.29, 1.82) is 0 Å². The van der Waals surface area contributed by atoms with Crippen LogP contribution in [-0.2, 0) is 0 Å². The molecule has 19 heavy (non-hydrogen) atoms. The van der Waals surface area contributed by atoms with Gasteiger partial charge in [0.05, 0.1) is 12.0 Å². The molecule has 0 N–H and O–H groups in total. The lowest BCUT2D eigenvalue weighted by molar-refractivity contribution is -0.387. The quantitative estimate of drug-likeness (QED) is 0.465. The maximum absolute atomic E-state index is 11.0. The van der Waals surface area contributed by atoms with Crippen LogP contribution in [-0.4, -0.2) is 22.0 Å². The van der Waals surface area contributed by atoms with Crippen LogP contribution in [0.5, 0.6) is 17.5 Å². The van der Waals surface area contributed by atoms with Gasteiger partial charge in [-0.15, -0.1) is 0 Å². The fraction of sp³-hybridized carbons (Fsp3) is 0.0909. The van der Waals surface area contributed by atoms with Crippen LogP contribution < -0.4 is 9.47 Å². The van der Waals surface area contributed by atoms with Gasteiger partial charge in [-0.25, -0.2) is 0 Å². The molecule has 0 aliphatic rings. The summed E-state index contributed by atoms with van der Waals surface area (Å²) >= 11 is 2.11. The summed E-state index contributed by atoms with van der Waals surface area (Å²) < 4.78 is 11.2. The lowest BCUT2D eigenvalue weighted by Gasteiger charge is -2.06. The van der Waals surface area contributed by atoms with Crippen LogP contribution in [0.4, 0.5) is 5.69 Å². The number of nitro groups is 1. The Balaban J connectivity index is 2.42. The highest BCUT2D eigenvalue weighted by Crippen LogP contribution is 2.35. The number of methoxy groups -OCH3 is 1. The predicted octanol–water partition coefficient (Wildman–Crippen LogP) is 2.79. The Hall–Kier alpha value is -1.97. The molecule has 8 heteroatoms. The van der Waals surface area contributed by atoms with E-state index in [4.69, 9.17) is 9.47 Å². The Bertz CT molecular complexity index is 621. The van der Waals surface area contributed by atoms with Gasteiger partial charge in [0.25, 0.3) is 0 Å². The van der Waals surface area contributed by atoms with Crippen LogP contribution in [0, 0.1) is 13.7 Å². The number of aromatic nitrogens is 2. The molecule has 1 heterocycles. The third kappa shape index (κ3) is 3.08. The molecule has 7 nitrogen and oxygen atoms in total. The van der Waals surface area contributed by atoms with Gasteiger partial charge in [0.1, 0.15) is 12.1 Å². The summed E-state index contributed by atoms with van der Waals surface area (Å²) in [5, 5.41) is 11.0. The Labute approximate surface area is 121 Å². The van der Waals surface area contributed by atoms with Crippen molar-refractivity contribution in [2.75, 3.05) is 7.11 Å². The molecule has 1 aromatic carbocycles. The van der Waals surface area contributed by atoms with Crippen molar-refractivity contribution in [1.82, 2.24) is 9.97 Å². The molecule has 0 aliphatic heterocycles. The van der Waals surface area contributed by atoms with E-state index in [2.05, 4.69) is 32.6 Å². The zero-order valence-corrected chi connectivity index (χ0v) is 11.9. The van der Waals surface area contributed by atoms with Crippen molar-refractivity contribution in [3.63, 3.8) is 0 Å². The zero-order chi connectivity index (χ0) is 13.8. The third-order valence-corrected chi connectivity index (χ3v) is 2.81. The number of rotatable bonds is 4. The van der Waals surface area contributed by atoms with Gasteiger partial charge >= 0.3 is 17.4 Å². The molecule has 0 unspecified atom stereocenters. The molecule has 0 fully saturated rings. The smallest absolute Gasteiger partial charge is 0.392 e. The number of nitrogens with zero attached hydrogens (tertiary/aromatic N) is 3. The van der Waals surface area contributed by atoms with E-state index in [1.165, 1.54) is 7.11 Å². The van der Waals surface area contributed by atoms with E-state index in [1.807, 2.05) is 6.07 Å². The van der Waals surface area contributed by atoms with E-state index in [0.717, 1.165) is 9.90 Å². The standard InChI is InChI=1S/C11H8IN3O4/c1-18-10-9(15(16)17)11(14-6-13-10)19-8-4-2-3-7(12)5-8/h2-6H,1H3. The lowest BCUT2D eigenvalue weighted by atomic mass is 10.3. The van der Waals surface area contributed by atoms with Gasteiger partial charge in [-0.05, 0) is 40.8 Å². The van der Waals surface area contributed by atoms with Crippen LogP contribution in [0.15, 0.2) is 30.6 Å². The highest BCUT2D eigenvalue weighted by atomic mass is 127. The average molecular weight is 373 g/mol. The van der Waals surface area contributed by atoms with Crippen LogP contribution >= 0.6 is 22.6 Å². The van der Waals surface area contributed by atoms with Crippen LogP contribution in [0.3, 0.4) is 0 Å². The molecular weight excluding hydrogens is 365 g/mol. The Kier molecular flexibility index (Phi) is 4.10. The minimum atomic E-state index is -0.637. The molecule has 0 radical (unpaired) electrons. The molecule has 0 saturated heterocycles. The largest absolute Gasteiger partial charge is 0.476 e. The van der Waals surface area contributed by atoms with Gasteiger partial charge in [0.2, 0.25) is 0 Å². The second-order valence-corrected chi connectivity index (χ2v) is 4.60. The number of benzene rings is 1. The minimum Gasteiger partial charge on any atom is -0.476 e. The SMILES string of the molecule is COc1ncnc(Oc2cccc(I)c2)c1[N+](=O)[O-]. The summed E-state index contributed by atoms with van der Waals surface area (Å²) in [7, 11) is 1.30. The normalized spacial score (nSPS) is 10.0. The molecular formula is C11H8IN3O4. The van der Waals surface area contributed by atoms with Crippen molar-refractivity contribution < 1.29 is 14.4 Å². The second kappa shape index (κ2) is 5.78. The summed E-state index contributed by atoms with van der Waals surface area (Å²) in [5.74, 6) is 0.162. The van der Waals surface area contributed by atoms with E-state index < -0.39 is 10.6 Å².